The monoisotopic (exact) mass is 393 g/mol. The lowest BCUT2D eigenvalue weighted by Gasteiger charge is -2.16. The number of nitrogens with one attached hydrogen (secondary N) is 1. The van der Waals surface area contributed by atoms with Crippen molar-refractivity contribution in [3.63, 3.8) is 0 Å². The molecule has 0 amide bonds. The number of hydrogen-bond donors (Lipinski definition) is 2. The van der Waals surface area contributed by atoms with Crippen molar-refractivity contribution in [3.05, 3.63) is 58.1 Å². The van der Waals surface area contributed by atoms with Crippen molar-refractivity contribution < 1.29 is 31.5 Å². The zero-order valence-corrected chi connectivity index (χ0v) is 14.1. The fourth-order valence-electron chi connectivity index (χ4n) is 2.11. The van der Waals surface area contributed by atoms with Crippen molar-refractivity contribution in [2.24, 2.45) is 0 Å². The molecule has 0 unspecified atom stereocenters. The maximum Gasteiger partial charge on any atom is 0.417 e. The van der Waals surface area contributed by atoms with Crippen molar-refractivity contribution in [2.75, 3.05) is 4.72 Å². The molecular weight excluding hydrogens is 383 g/mol. The molecule has 0 atom stereocenters. The van der Waals surface area contributed by atoms with Gasteiger partial charge in [0.1, 0.15) is 4.90 Å². The lowest BCUT2D eigenvalue weighted by atomic mass is 10.1. The molecule has 2 rings (SSSR count). The van der Waals surface area contributed by atoms with Gasteiger partial charge in [-0.05, 0) is 42.8 Å². The summed E-state index contributed by atoms with van der Waals surface area (Å²) < 4.78 is 66.2. The first kappa shape index (κ1) is 19.1. The van der Waals surface area contributed by atoms with Gasteiger partial charge in [-0.1, -0.05) is 17.7 Å². The number of rotatable bonds is 4. The van der Waals surface area contributed by atoms with Gasteiger partial charge in [0.05, 0.1) is 21.8 Å². The summed E-state index contributed by atoms with van der Waals surface area (Å²) in [7, 11) is -4.66. The van der Waals surface area contributed by atoms with Crippen LogP contribution >= 0.6 is 11.6 Å². The Morgan fingerprint density at radius 1 is 1.20 bits per heavy atom. The number of carbonyl (C=O) groups is 1. The average Bonchev–Trinajstić information content (AvgIpc) is 2.47. The second-order valence-electron chi connectivity index (χ2n) is 5.05. The quantitative estimate of drug-likeness (QED) is 0.816. The lowest BCUT2D eigenvalue weighted by Crippen LogP contribution is -2.20. The molecule has 25 heavy (non-hydrogen) atoms. The SMILES string of the molecule is Cc1cc(C(=O)O)ccc1NS(=O)(=O)c1c(Cl)cccc1C(F)(F)F. The Labute approximate surface area is 146 Å². The predicted molar refractivity (Wildman–Crippen MR) is 85.4 cm³/mol. The van der Waals surface area contributed by atoms with Crippen LogP contribution in [0.2, 0.25) is 5.02 Å². The third-order valence-electron chi connectivity index (χ3n) is 3.26. The largest absolute Gasteiger partial charge is 0.478 e. The van der Waals surface area contributed by atoms with Crippen LogP contribution in [0.5, 0.6) is 0 Å². The Hall–Kier alpha value is -2.26. The summed E-state index contributed by atoms with van der Waals surface area (Å²) in [6, 6.07) is 6.12. The summed E-state index contributed by atoms with van der Waals surface area (Å²) in [5, 5.41) is 8.31. The molecule has 0 fully saturated rings. The first-order valence-electron chi connectivity index (χ1n) is 6.66. The van der Waals surface area contributed by atoms with E-state index in [1.54, 1.807) is 0 Å². The van der Waals surface area contributed by atoms with Gasteiger partial charge in [0.2, 0.25) is 0 Å². The smallest absolute Gasteiger partial charge is 0.417 e. The van der Waals surface area contributed by atoms with Gasteiger partial charge >= 0.3 is 12.1 Å². The van der Waals surface area contributed by atoms with Gasteiger partial charge in [0.25, 0.3) is 10.0 Å². The Bertz CT molecular complexity index is 942. The average molecular weight is 394 g/mol. The van der Waals surface area contributed by atoms with Crippen molar-refractivity contribution in [1.29, 1.82) is 0 Å². The van der Waals surface area contributed by atoms with Gasteiger partial charge < -0.3 is 5.11 Å². The highest BCUT2D eigenvalue weighted by molar-refractivity contribution is 7.93. The number of halogens is 4. The number of aromatic carboxylic acids is 1. The normalized spacial score (nSPS) is 12.0. The number of alkyl halides is 3. The number of hydrogen-bond acceptors (Lipinski definition) is 3. The summed E-state index contributed by atoms with van der Waals surface area (Å²) in [5.41, 5.74) is -1.32. The maximum absolute atomic E-state index is 13.1. The molecule has 0 saturated heterocycles. The summed E-state index contributed by atoms with van der Waals surface area (Å²) in [6.07, 6.45) is -4.92. The fourth-order valence-corrected chi connectivity index (χ4v) is 4.01. The topological polar surface area (TPSA) is 83.5 Å². The second kappa shape index (κ2) is 6.57. The molecule has 0 aliphatic rings. The molecule has 134 valence electrons. The molecule has 2 aromatic rings. The maximum atomic E-state index is 13.1. The minimum Gasteiger partial charge on any atom is -0.478 e. The first-order chi connectivity index (χ1) is 11.4. The van der Waals surface area contributed by atoms with E-state index in [9.17, 15) is 26.4 Å². The Morgan fingerprint density at radius 2 is 1.84 bits per heavy atom. The van der Waals surface area contributed by atoms with E-state index in [1.165, 1.54) is 13.0 Å². The molecular formula is C15H11ClF3NO4S. The molecule has 0 radical (unpaired) electrons. The van der Waals surface area contributed by atoms with Gasteiger partial charge in [-0.3, -0.25) is 4.72 Å². The van der Waals surface area contributed by atoms with Gasteiger partial charge in [-0.25, -0.2) is 13.2 Å². The van der Waals surface area contributed by atoms with E-state index in [2.05, 4.69) is 0 Å². The van der Waals surface area contributed by atoms with Crippen LogP contribution in [0.4, 0.5) is 18.9 Å². The molecule has 5 nitrogen and oxygen atoms in total. The molecule has 0 saturated carbocycles. The summed E-state index contributed by atoms with van der Waals surface area (Å²) in [6.45, 7) is 1.42. The third kappa shape index (κ3) is 4.05. The minimum atomic E-state index is -4.92. The van der Waals surface area contributed by atoms with E-state index in [-0.39, 0.29) is 16.8 Å². The summed E-state index contributed by atoms with van der Waals surface area (Å²) in [4.78, 5) is 9.80. The van der Waals surface area contributed by atoms with E-state index in [0.717, 1.165) is 24.3 Å². The van der Waals surface area contributed by atoms with Gasteiger partial charge in [0, 0.05) is 0 Å². The zero-order chi connectivity index (χ0) is 19.0. The molecule has 0 bridgehead atoms. The minimum absolute atomic E-state index is 0.0574. The Balaban J connectivity index is 2.53. The highest BCUT2D eigenvalue weighted by Gasteiger charge is 2.38. The second-order valence-corrected chi connectivity index (χ2v) is 7.08. The van der Waals surface area contributed by atoms with Crippen molar-refractivity contribution in [3.8, 4) is 0 Å². The number of aryl methyl sites for hydroxylation is 1. The van der Waals surface area contributed by atoms with E-state index < -0.39 is 37.7 Å². The Kier molecular flexibility index (Phi) is 5.01. The molecule has 0 aliphatic carbocycles. The standard InChI is InChI=1S/C15H11ClF3NO4S/c1-8-7-9(14(21)22)5-6-12(8)20-25(23,24)13-10(15(17,18)19)3-2-4-11(13)16/h2-7,20H,1H3,(H,21,22). The van der Waals surface area contributed by atoms with Crippen LogP contribution in [0.1, 0.15) is 21.5 Å². The molecule has 0 spiro atoms. The highest BCUT2D eigenvalue weighted by Crippen LogP contribution is 2.38. The fraction of sp³-hybridized carbons (Fsp3) is 0.133. The summed E-state index contributed by atoms with van der Waals surface area (Å²) in [5.74, 6) is -1.22. The van der Waals surface area contributed by atoms with Crippen molar-refractivity contribution in [1.82, 2.24) is 0 Å². The molecule has 2 aromatic carbocycles. The van der Waals surface area contributed by atoms with Gasteiger partial charge in [-0.15, -0.1) is 0 Å². The van der Waals surface area contributed by atoms with Crippen LogP contribution in [0.3, 0.4) is 0 Å². The number of anilines is 1. The van der Waals surface area contributed by atoms with Crippen molar-refractivity contribution >= 4 is 33.3 Å². The van der Waals surface area contributed by atoms with Crippen LogP contribution in [0, 0.1) is 6.92 Å². The van der Waals surface area contributed by atoms with Crippen LogP contribution in [-0.2, 0) is 16.2 Å². The van der Waals surface area contributed by atoms with Crippen LogP contribution in [0.15, 0.2) is 41.3 Å². The van der Waals surface area contributed by atoms with E-state index in [0.29, 0.717) is 6.07 Å². The zero-order valence-electron chi connectivity index (χ0n) is 12.6. The molecule has 10 heteroatoms. The van der Waals surface area contributed by atoms with Crippen LogP contribution in [0.25, 0.3) is 0 Å². The number of carboxylic acid groups (broad SMARTS) is 1. The van der Waals surface area contributed by atoms with E-state index in [4.69, 9.17) is 16.7 Å². The summed E-state index contributed by atoms with van der Waals surface area (Å²) >= 11 is 5.70. The van der Waals surface area contributed by atoms with E-state index >= 15 is 0 Å². The van der Waals surface area contributed by atoms with E-state index in [1.807, 2.05) is 4.72 Å². The number of sulfonamides is 1. The van der Waals surface area contributed by atoms with Crippen LogP contribution in [-0.4, -0.2) is 19.5 Å². The van der Waals surface area contributed by atoms with Gasteiger partial charge in [0.15, 0.2) is 0 Å². The number of carboxylic acids is 1. The van der Waals surface area contributed by atoms with Crippen LogP contribution < -0.4 is 4.72 Å². The first-order valence-corrected chi connectivity index (χ1v) is 8.52. The van der Waals surface area contributed by atoms with Gasteiger partial charge in [-0.2, -0.15) is 13.2 Å². The Morgan fingerprint density at radius 3 is 2.36 bits per heavy atom. The predicted octanol–water partition coefficient (Wildman–Crippen LogP) is 4.17. The lowest BCUT2D eigenvalue weighted by molar-refractivity contribution is -0.139. The van der Waals surface area contributed by atoms with Crippen molar-refractivity contribution in [2.45, 2.75) is 18.0 Å². The number of benzene rings is 2. The molecule has 0 aromatic heterocycles. The highest BCUT2D eigenvalue weighted by atomic mass is 35.5. The molecule has 2 N–H and O–H groups in total. The molecule has 0 heterocycles. The molecule has 0 aliphatic heterocycles. The third-order valence-corrected chi connectivity index (χ3v) is 5.15.